The zero-order chi connectivity index (χ0) is 23.1. The Bertz CT molecular complexity index is 1270. The highest BCUT2D eigenvalue weighted by Gasteiger charge is 2.18. The molecule has 8 nitrogen and oxygen atoms in total. The number of nitrogens with zero attached hydrogens (tertiary/aromatic N) is 1. The summed E-state index contributed by atoms with van der Waals surface area (Å²) in [6.07, 6.45) is 1.30. The Kier molecular flexibility index (Phi) is 7.59. The van der Waals surface area contributed by atoms with Gasteiger partial charge in [0.25, 0.3) is 5.91 Å². The zero-order valence-electron chi connectivity index (χ0n) is 16.8. The van der Waals surface area contributed by atoms with E-state index < -0.39 is 16.0 Å². The van der Waals surface area contributed by atoms with Crippen LogP contribution >= 0.6 is 22.6 Å². The minimum absolute atomic E-state index is 0.0469. The molecule has 10 heteroatoms. The lowest BCUT2D eigenvalue weighted by atomic mass is 10.2. The van der Waals surface area contributed by atoms with Crippen LogP contribution in [0.2, 0.25) is 0 Å². The summed E-state index contributed by atoms with van der Waals surface area (Å²) in [6.45, 7) is 1.36. The number of anilines is 1. The van der Waals surface area contributed by atoms with Gasteiger partial charge in [0.2, 0.25) is 5.91 Å². The van der Waals surface area contributed by atoms with E-state index in [0.29, 0.717) is 16.8 Å². The molecule has 0 aliphatic rings. The normalized spacial score (nSPS) is 11.2. The fourth-order valence-corrected chi connectivity index (χ4v) is 4.09. The SMILES string of the molecule is CC(=O)Nc1ccc(S(=O)(=O)Oc2ccccc2/C=N\NC(=O)c2cccc(I)c2)cc1. The molecule has 0 aliphatic heterocycles. The number of hydrazone groups is 1. The van der Waals surface area contributed by atoms with Crippen molar-refractivity contribution in [3.63, 3.8) is 0 Å². The number of hydrogen-bond acceptors (Lipinski definition) is 6. The van der Waals surface area contributed by atoms with Gasteiger partial charge in [0.1, 0.15) is 4.90 Å². The van der Waals surface area contributed by atoms with E-state index >= 15 is 0 Å². The first-order valence-electron chi connectivity index (χ1n) is 9.25. The minimum atomic E-state index is -4.13. The third kappa shape index (κ3) is 6.37. The minimum Gasteiger partial charge on any atom is -0.378 e. The van der Waals surface area contributed by atoms with Gasteiger partial charge in [-0.1, -0.05) is 18.2 Å². The monoisotopic (exact) mass is 563 g/mol. The lowest BCUT2D eigenvalue weighted by molar-refractivity contribution is -0.114. The van der Waals surface area contributed by atoms with Crippen molar-refractivity contribution in [2.75, 3.05) is 5.32 Å². The van der Waals surface area contributed by atoms with Gasteiger partial charge in [-0.05, 0) is 77.2 Å². The first-order valence-corrected chi connectivity index (χ1v) is 11.7. The van der Waals surface area contributed by atoms with Gasteiger partial charge in [0.15, 0.2) is 5.75 Å². The van der Waals surface area contributed by atoms with Crippen LogP contribution < -0.4 is 14.9 Å². The molecule has 3 aromatic rings. The molecule has 0 heterocycles. The molecule has 0 aliphatic carbocycles. The lowest BCUT2D eigenvalue weighted by Gasteiger charge is -2.10. The third-order valence-corrected chi connectivity index (χ3v) is 5.96. The third-order valence-electron chi connectivity index (χ3n) is 4.04. The second-order valence-electron chi connectivity index (χ2n) is 6.49. The van der Waals surface area contributed by atoms with E-state index in [1.807, 2.05) is 6.07 Å². The first-order chi connectivity index (χ1) is 15.2. The number of benzene rings is 3. The Labute approximate surface area is 199 Å². The molecule has 3 rings (SSSR count). The number of amides is 2. The van der Waals surface area contributed by atoms with Crippen LogP contribution in [0.15, 0.2) is 82.8 Å². The summed E-state index contributed by atoms with van der Waals surface area (Å²) in [7, 11) is -4.13. The van der Waals surface area contributed by atoms with Gasteiger partial charge in [-0.15, -0.1) is 0 Å². The van der Waals surface area contributed by atoms with Crippen molar-refractivity contribution in [2.24, 2.45) is 5.10 Å². The van der Waals surface area contributed by atoms with Gasteiger partial charge in [-0.25, -0.2) is 5.43 Å². The van der Waals surface area contributed by atoms with E-state index in [9.17, 15) is 18.0 Å². The number of halogens is 1. The largest absolute Gasteiger partial charge is 0.378 e. The molecule has 32 heavy (non-hydrogen) atoms. The van der Waals surface area contributed by atoms with Gasteiger partial charge in [0.05, 0.1) is 6.21 Å². The predicted molar refractivity (Wildman–Crippen MR) is 129 cm³/mol. The molecule has 0 atom stereocenters. The van der Waals surface area contributed by atoms with E-state index in [2.05, 4.69) is 38.4 Å². The maximum absolute atomic E-state index is 12.7. The Morgan fingerprint density at radius 3 is 2.41 bits per heavy atom. The van der Waals surface area contributed by atoms with Crippen molar-refractivity contribution < 1.29 is 22.2 Å². The van der Waals surface area contributed by atoms with Gasteiger partial charge in [0, 0.05) is 27.3 Å². The highest BCUT2D eigenvalue weighted by Crippen LogP contribution is 2.23. The molecular weight excluding hydrogens is 545 g/mol. The van der Waals surface area contributed by atoms with E-state index in [1.54, 1.807) is 36.4 Å². The average Bonchev–Trinajstić information content (AvgIpc) is 2.74. The summed E-state index contributed by atoms with van der Waals surface area (Å²) in [5, 5.41) is 6.47. The molecular formula is C22H18IN3O5S. The van der Waals surface area contributed by atoms with Crippen molar-refractivity contribution in [1.82, 2.24) is 5.43 Å². The Morgan fingerprint density at radius 1 is 1.00 bits per heavy atom. The van der Waals surface area contributed by atoms with Crippen LogP contribution in [0.25, 0.3) is 0 Å². The van der Waals surface area contributed by atoms with E-state index in [0.717, 1.165) is 3.57 Å². The maximum Gasteiger partial charge on any atom is 0.339 e. The summed E-state index contributed by atoms with van der Waals surface area (Å²) in [5.41, 5.74) is 3.67. The lowest BCUT2D eigenvalue weighted by Crippen LogP contribution is -2.17. The van der Waals surface area contributed by atoms with Crippen molar-refractivity contribution in [3.05, 3.63) is 87.5 Å². The molecule has 0 radical (unpaired) electrons. The van der Waals surface area contributed by atoms with Crippen molar-refractivity contribution in [2.45, 2.75) is 11.8 Å². The maximum atomic E-state index is 12.7. The van der Waals surface area contributed by atoms with Crippen LogP contribution in [0.1, 0.15) is 22.8 Å². The number of carbonyl (C=O) groups is 2. The molecule has 2 N–H and O–H groups in total. The number of carbonyl (C=O) groups excluding carboxylic acids is 2. The number of rotatable bonds is 7. The van der Waals surface area contributed by atoms with Crippen LogP contribution in [0, 0.1) is 3.57 Å². The number of hydrogen-bond donors (Lipinski definition) is 2. The van der Waals surface area contributed by atoms with Crippen molar-refractivity contribution >= 4 is 56.4 Å². The quantitative estimate of drug-likeness (QED) is 0.197. The molecule has 0 bridgehead atoms. The van der Waals surface area contributed by atoms with Crippen LogP contribution in [0.3, 0.4) is 0 Å². The van der Waals surface area contributed by atoms with Crippen molar-refractivity contribution in [1.29, 1.82) is 0 Å². The standard InChI is InChI=1S/C22H18IN3O5S/c1-15(27)25-19-9-11-20(12-10-19)32(29,30)31-21-8-3-2-5-17(21)14-24-26-22(28)16-6-4-7-18(23)13-16/h2-14H,1H3,(H,25,27)(H,26,28)/b24-14-. The summed E-state index contributed by atoms with van der Waals surface area (Å²) >= 11 is 2.10. The molecule has 0 saturated heterocycles. The summed E-state index contributed by atoms with van der Waals surface area (Å²) < 4.78 is 31.5. The number of para-hydroxylation sites is 1. The Morgan fingerprint density at radius 2 is 1.72 bits per heavy atom. The molecule has 0 aromatic heterocycles. The van der Waals surface area contributed by atoms with E-state index in [1.165, 1.54) is 43.5 Å². The first kappa shape index (κ1) is 23.4. The highest BCUT2D eigenvalue weighted by molar-refractivity contribution is 14.1. The predicted octanol–water partition coefficient (Wildman–Crippen LogP) is 3.78. The molecule has 164 valence electrons. The highest BCUT2D eigenvalue weighted by atomic mass is 127. The Hall–Kier alpha value is -3.25. The molecule has 0 saturated carbocycles. The fraction of sp³-hybridized carbons (Fsp3) is 0.0455. The molecule has 0 unspecified atom stereocenters. The zero-order valence-corrected chi connectivity index (χ0v) is 19.8. The Balaban J connectivity index is 1.73. The van der Waals surface area contributed by atoms with Gasteiger partial charge < -0.3 is 9.50 Å². The van der Waals surface area contributed by atoms with Crippen molar-refractivity contribution in [3.8, 4) is 5.75 Å². The van der Waals surface area contributed by atoms with E-state index in [-0.39, 0.29) is 16.6 Å². The molecule has 0 fully saturated rings. The van der Waals surface area contributed by atoms with Gasteiger partial charge in [-0.3, -0.25) is 9.59 Å². The molecule has 2 amide bonds. The number of nitrogens with one attached hydrogen (secondary N) is 2. The van der Waals surface area contributed by atoms with Crippen LogP contribution in [-0.4, -0.2) is 26.4 Å². The summed E-state index contributed by atoms with van der Waals surface area (Å²) in [6, 6.07) is 19.0. The molecule has 0 spiro atoms. The fourth-order valence-electron chi connectivity index (χ4n) is 2.59. The van der Waals surface area contributed by atoms with Crippen LogP contribution in [0.4, 0.5) is 5.69 Å². The van der Waals surface area contributed by atoms with E-state index in [4.69, 9.17) is 4.18 Å². The molecule has 3 aromatic carbocycles. The van der Waals surface area contributed by atoms with Gasteiger partial charge in [-0.2, -0.15) is 13.5 Å². The van der Waals surface area contributed by atoms with Crippen LogP contribution in [-0.2, 0) is 14.9 Å². The second-order valence-corrected chi connectivity index (χ2v) is 9.28. The average molecular weight is 563 g/mol. The topological polar surface area (TPSA) is 114 Å². The summed E-state index contributed by atoms with van der Waals surface area (Å²) in [5.74, 6) is -0.616. The van der Waals surface area contributed by atoms with Crippen LogP contribution in [0.5, 0.6) is 5.75 Å². The van der Waals surface area contributed by atoms with Gasteiger partial charge >= 0.3 is 10.1 Å². The summed E-state index contributed by atoms with van der Waals surface area (Å²) in [4.78, 5) is 23.2. The smallest absolute Gasteiger partial charge is 0.339 e. The second kappa shape index (κ2) is 10.4.